The van der Waals surface area contributed by atoms with Crippen molar-refractivity contribution in [2.45, 2.75) is 15.2 Å². The summed E-state index contributed by atoms with van der Waals surface area (Å²) < 4.78 is 54.3. The molecule has 0 amide bonds. The van der Waals surface area contributed by atoms with Crippen molar-refractivity contribution in [3.05, 3.63) is 95.0 Å². The predicted octanol–water partition coefficient (Wildman–Crippen LogP) is 4.81. The number of benzene rings is 3. The molecule has 0 aliphatic heterocycles. The van der Waals surface area contributed by atoms with Crippen molar-refractivity contribution in [2.24, 2.45) is 0 Å². The second-order valence-electron chi connectivity index (χ2n) is 6.11. The summed E-state index contributed by atoms with van der Waals surface area (Å²) in [6, 6.07) is 21.8. The van der Waals surface area contributed by atoms with Crippen LogP contribution in [-0.2, 0) is 20.0 Å². The Kier molecular flexibility index (Phi) is 6.80. The van der Waals surface area contributed by atoms with Crippen LogP contribution < -0.4 is 0 Å². The van der Waals surface area contributed by atoms with Crippen molar-refractivity contribution >= 4 is 47.6 Å². The summed E-state index contributed by atoms with van der Waals surface area (Å²) in [5.74, 6) is 0. The average molecular weight is 515 g/mol. The van der Waals surface area contributed by atoms with Crippen LogP contribution in [0, 0.1) is 0 Å². The van der Waals surface area contributed by atoms with Crippen molar-refractivity contribution in [3.8, 4) is 0 Å². The summed E-state index contributed by atoms with van der Waals surface area (Å²) in [4.78, 5) is -0.252. The van der Waals surface area contributed by atoms with Gasteiger partial charge in [-0.2, -0.15) is 0 Å². The van der Waals surface area contributed by atoms with E-state index >= 15 is 0 Å². The van der Waals surface area contributed by atoms with Gasteiger partial charge in [-0.1, -0.05) is 68.2 Å². The van der Waals surface area contributed by atoms with E-state index < -0.39 is 32.0 Å². The predicted molar refractivity (Wildman–Crippen MR) is 117 cm³/mol. The van der Waals surface area contributed by atoms with Gasteiger partial charge in [0, 0.05) is 4.47 Å². The normalized spacial score (nSPS) is 13.3. The summed E-state index contributed by atoms with van der Waals surface area (Å²) in [6.07, 6.45) is 0. The lowest BCUT2D eigenvalue weighted by Crippen LogP contribution is -2.39. The third-order valence-electron chi connectivity index (χ3n) is 4.16. The summed E-state index contributed by atoms with van der Waals surface area (Å²) in [5.41, 5.74) is 0.603. The number of hydrogen-bond donors (Lipinski definition) is 0. The van der Waals surface area contributed by atoms with Crippen LogP contribution in [0.15, 0.2) is 99.2 Å². The molecule has 3 aromatic carbocycles. The molecule has 0 N–H and O–H groups in total. The van der Waals surface area contributed by atoms with E-state index in [2.05, 4.69) is 15.9 Å². The average Bonchev–Trinajstić information content (AvgIpc) is 2.73. The van der Waals surface area contributed by atoms with Crippen LogP contribution in [0.5, 0.6) is 0 Å². The number of alkyl halides is 1. The van der Waals surface area contributed by atoms with Gasteiger partial charge in [-0.3, -0.25) is 0 Å². The van der Waals surface area contributed by atoms with Crippen molar-refractivity contribution in [1.29, 1.82) is 0 Å². The molecule has 0 bridgehead atoms. The fourth-order valence-electron chi connectivity index (χ4n) is 2.65. The molecule has 3 rings (SSSR count). The molecule has 0 aliphatic rings. The van der Waals surface area contributed by atoms with Crippen LogP contribution in [0.4, 0.5) is 0 Å². The fraction of sp³-hybridized carbons (Fsp3) is 0.100. The first-order chi connectivity index (χ1) is 13.7. The molecule has 0 aromatic heterocycles. The zero-order valence-corrected chi connectivity index (χ0v) is 19.0. The van der Waals surface area contributed by atoms with E-state index in [9.17, 15) is 16.8 Å². The first-order valence-corrected chi connectivity index (χ1v) is 12.6. The van der Waals surface area contributed by atoms with Gasteiger partial charge in [0.05, 0.1) is 21.7 Å². The van der Waals surface area contributed by atoms with Crippen molar-refractivity contribution in [1.82, 2.24) is 3.71 Å². The lowest BCUT2D eigenvalue weighted by atomic mass is 10.1. The van der Waals surface area contributed by atoms with Crippen LogP contribution >= 0.6 is 27.5 Å². The Morgan fingerprint density at radius 1 is 0.724 bits per heavy atom. The highest BCUT2D eigenvalue weighted by Crippen LogP contribution is 2.30. The Balaban J connectivity index is 2.08. The summed E-state index contributed by atoms with van der Waals surface area (Å²) >= 11 is 9.78. The van der Waals surface area contributed by atoms with Crippen LogP contribution in [0.2, 0.25) is 0 Å². The van der Waals surface area contributed by atoms with Gasteiger partial charge in [-0.05, 0) is 42.0 Å². The molecular weight excluding hydrogens is 498 g/mol. The third kappa shape index (κ3) is 4.90. The molecule has 0 heterocycles. The molecule has 3 aromatic rings. The molecule has 0 radical (unpaired) electrons. The van der Waals surface area contributed by atoms with Gasteiger partial charge in [0.1, 0.15) is 0 Å². The topological polar surface area (TPSA) is 71.5 Å². The van der Waals surface area contributed by atoms with E-state index in [-0.39, 0.29) is 9.79 Å². The molecule has 1 unspecified atom stereocenters. The maximum Gasteiger partial charge on any atom is 0.256 e. The van der Waals surface area contributed by atoms with E-state index in [0.29, 0.717) is 9.27 Å². The zero-order valence-electron chi connectivity index (χ0n) is 15.0. The standard InChI is InChI=1S/C20H17BrClNO4S2/c21-17-13-11-16(12-14-17)20(22)15-23(28(24,25)18-7-3-1-4-8-18)29(26,27)19-9-5-2-6-10-19/h1-14,20H,15H2. The summed E-state index contributed by atoms with van der Waals surface area (Å²) in [6.45, 7) is -0.447. The van der Waals surface area contributed by atoms with Crippen molar-refractivity contribution in [2.75, 3.05) is 6.54 Å². The van der Waals surface area contributed by atoms with Gasteiger partial charge >= 0.3 is 0 Å². The van der Waals surface area contributed by atoms with Crippen LogP contribution in [0.25, 0.3) is 0 Å². The Morgan fingerprint density at radius 3 is 1.55 bits per heavy atom. The lowest BCUT2D eigenvalue weighted by molar-refractivity contribution is 0.494. The molecule has 29 heavy (non-hydrogen) atoms. The van der Waals surface area contributed by atoms with Gasteiger partial charge in [-0.25, -0.2) is 16.8 Å². The number of rotatable bonds is 7. The first kappa shape index (κ1) is 22.0. The number of nitrogens with zero attached hydrogens (tertiary/aromatic N) is 1. The van der Waals surface area contributed by atoms with Crippen molar-refractivity contribution in [3.63, 3.8) is 0 Å². The minimum absolute atomic E-state index is 0.126. The SMILES string of the molecule is O=S(=O)(c1ccccc1)N(CC(Cl)c1ccc(Br)cc1)S(=O)(=O)c1ccccc1. The van der Waals surface area contributed by atoms with Gasteiger partial charge in [-0.15, -0.1) is 11.6 Å². The maximum absolute atomic E-state index is 13.3. The molecule has 0 spiro atoms. The van der Waals surface area contributed by atoms with Gasteiger partial charge in [0.2, 0.25) is 0 Å². The van der Waals surface area contributed by atoms with Crippen LogP contribution in [-0.4, -0.2) is 27.1 Å². The molecular formula is C20H17BrClNO4S2. The molecule has 1 atom stereocenters. The maximum atomic E-state index is 13.3. The Labute approximate surface area is 184 Å². The first-order valence-electron chi connectivity index (χ1n) is 8.50. The zero-order chi connectivity index (χ0) is 21.1. The third-order valence-corrected chi connectivity index (χ3v) is 9.36. The highest BCUT2D eigenvalue weighted by Gasteiger charge is 2.38. The molecule has 0 fully saturated rings. The van der Waals surface area contributed by atoms with Crippen LogP contribution in [0.1, 0.15) is 10.9 Å². The quantitative estimate of drug-likeness (QED) is 0.424. The Bertz CT molecular complexity index is 1100. The molecule has 152 valence electrons. The minimum Gasteiger partial charge on any atom is -0.206 e. The van der Waals surface area contributed by atoms with E-state index in [4.69, 9.17) is 11.6 Å². The van der Waals surface area contributed by atoms with E-state index in [1.807, 2.05) is 0 Å². The van der Waals surface area contributed by atoms with Gasteiger partial charge in [0.25, 0.3) is 20.0 Å². The molecule has 0 aliphatic carbocycles. The fourth-order valence-corrected chi connectivity index (χ4v) is 7.08. The molecule has 0 saturated carbocycles. The van der Waals surface area contributed by atoms with Gasteiger partial charge < -0.3 is 0 Å². The number of halogens is 2. The largest absolute Gasteiger partial charge is 0.256 e. The van der Waals surface area contributed by atoms with E-state index in [0.717, 1.165) is 4.47 Å². The highest BCUT2D eigenvalue weighted by atomic mass is 79.9. The second kappa shape index (κ2) is 8.97. The molecule has 5 nitrogen and oxygen atoms in total. The monoisotopic (exact) mass is 513 g/mol. The van der Waals surface area contributed by atoms with Crippen LogP contribution in [0.3, 0.4) is 0 Å². The number of hydrogen-bond acceptors (Lipinski definition) is 4. The second-order valence-corrected chi connectivity index (χ2v) is 11.5. The Morgan fingerprint density at radius 2 is 1.14 bits per heavy atom. The molecule has 9 heteroatoms. The summed E-state index contributed by atoms with van der Waals surface area (Å²) in [5, 5.41) is -0.875. The lowest BCUT2D eigenvalue weighted by Gasteiger charge is -2.24. The molecule has 0 saturated heterocycles. The summed E-state index contributed by atoms with van der Waals surface area (Å²) in [7, 11) is -8.73. The van der Waals surface area contributed by atoms with Gasteiger partial charge in [0.15, 0.2) is 0 Å². The minimum atomic E-state index is -4.37. The van der Waals surface area contributed by atoms with E-state index in [1.165, 1.54) is 48.5 Å². The smallest absolute Gasteiger partial charge is 0.206 e. The van der Waals surface area contributed by atoms with E-state index in [1.54, 1.807) is 36.4 Å². The highest BCUT2D eigenvalue weighted by molar-refractivity contribution is 9.10. The van der Waals surface area contributed by atoms with Crippen molar-refractivity contribution < 1.29 is 16.8 Å². The number of sulfonamides is 2. The Hall–Kier alpha value is -1.71.